The van der Waals surface area contributed by atoms with Gasteiger partial charge in [0.2, 0.25) is 0 Å². The van der Waals surface area contributed by atoms with Crippen molar-refractivity contribution in [2.75, 3.05) is 31.2 Å². The van der Waals surface area contributed by atoms with Crippen molar-refractivity contribution in [1.29, 1.82) is 0 Å². The summed E-state index contributed by atoms with van der Waals surface area (Å²) in [6.07, 6.45) is 4.69. The lowest BCUT2D eigenvalue weighted by atomic mass is 10.2. The first kappa shape index (κ1) is 22.1. The van der Waals surface area contributed by atoms with E-state index < -0.39 is 6.55 Å². The lowest BCUT2D eigenvalue weighted by Gasteiger charge is -2.28. The van der Waals surface area contributed by atoms with Gasteiger partial charge in [-0.05, 0) is 18.2 Å². The Kier molecular flexibility index (Phi) is 5.74. The van der Waals surface area contributed by atoms with E-state index in [4.69, 9.17) is 9.72 Å². The molecule has 0 saturated carbocycles. The zero-order valence-corrected chi connectivity index (χ0v) is 19.0. The summed E-state index contributed by atoms with van der Waals surface area (Å²) < 4.78 is 35.2. The average Bonchev–Trinajstić information content (AvgIpc) is 3.34. The quantitative estimate of drug-likeness (QED) is 0.364. The summed E-state index contributed by atoms with van der Waals surface area (Å²) in [6.45, 7) is -0.768. The predicted molar refractivity (Wildman–Crippen MR) is 129 cm³/mol. The smallest absolute Gasteiger partial charge is 0.321 e. The third-order valence-corrected chi connectivity index (χ3v) is 5.88. The van der Waals surface area contributed by atoms with Crippen LogP contribution in [0.5, 0.6) is 0 Å². The van der Waals surface area contributed by atoms with Crippen molar-refractivity contribution >= 4 is 17.0 Å². The second-order valence-corrected chi connectivity index (χ2v) is 8.09. The zero-order valence-electron chi connectivity index (χ0n) is 19.0. The number of halogens is 2. The molecular formula is C25H20F2N8O. The number of hydrogen-bond donors (Lipinski definition) is 0. The van der Waals surface area contributed by atoms with Gasteiger partial charge in [0.1, 0.15) is 11.5 Å². The molecule has 0 unspecified atom stereocenters. The largest absolute Gasteiger partial charge is 0.378 e. The molecule has 0 atom stereocenters. The van der Waals surface area contributed by atoms with Crippen molar-refractivity contribution in [2.24, 2.45) is 0 Å². The first-order valence-electron chi connectivity index (χ1n) is 11.4. The summed E-state index contributed by atoms with van der Waals surface area (Å²) in [7, 11) is 0. The molecule has 0 N–H and O–H groups in total. The second kappa shape index (κ2) is 9.34. The summed E-state index contributed by atoms with van der Waals surface area (Å²) in [5, 5.41) is 0. The number of rotatable bonds is 5. The predicted octanol–water partition coefficient (Wildman–Crippen LogP) is 4.24. The zero-order chi connectivity index (χ0) is 24.5. The number of imidazole rings is 1. The van der Waals surface area contributed by atoms with E-state index in [1.807, 2.05) is 35.2 Å². The number of pyridine rings is 1. The highest BCUT2D eigenvalue weighted by atomic mass is 19.3. The van der Waals surface area contributed by atoms with Gasteiger partial charge in [0, 0.05) is 42.8 Å². The fraction of sp³-hybridized carbons (Fsp3) is 0.200. The summed E-state index contributed by atoms with van der Waals surface area (Å²) in [5.41, 5.74) is 2.08. The van der Waals surface area contributed by atoms with Crippen LogP contribution in [0, 0.1) is 0 Å². The molecular weight excluding hydrogens is 466 g/mol. The van der Waals surface area contributed by atoms with Crippen molar-refractivity contribution in [3.05, 3.63) is 67.1 Å². The van der Waals surface area contributed by atoms with Gasteiger partial charge in [-0.15, -0.1) is 0 Å². The molecule has 9 nitrogen and oxygen atoms in total. The Hall–Kier alpha value is -4.38. The maximum Gasteiger partial charge on any atom is 0.321 e. The minimum Gasteiger partial charge on any atom is -0.378 e. The summed E-state index contributed by atoms with van der Waals surface area (Å²) in [5.74, 6) is 1.26. The van der Waals surface area contributed by atoms with Crippen LogP contribution in [0.25, 0.3) is 45.5 Å². The van der Waals surface area contributed by atoms with E-state index >= 15 is 0 Å². The normalized spacial score (nSPS) is 14.0. The van der Waals surface area contributed by atoms with E-state index in [0.29, 0.717) is 54.7 Å². The van der Waals surface area contributed by atoms with Gasteiger partial charge < -0.3 is 9.64 Å². The fourth-order valence-corrected chi connectivity index (χ4v) is 4.17. The van der Waals surface area contributed by atoms with Crippen molar-refractivity contribution in [2.45, 2.75) is 6.55 Å². The SMILES string of the molecule is FC(F)n1c(-c2ccncc2)nc2c(N3CCOCC3)nc(-c3ccnc(-c4ccccc4)n3)nc21. The van der Waals surface area contributed by atoms with Crippen LogP contribution in [-0.2, 0) is 4.74 Å². The van der Waals surface area contributed by atoms with Gasteiger partial charge in [0.25, 0.3) is 0 Å². The van der Waals surface area contributed by atoms with Gasteiger partial charge in [-0.25, -0.2) is 29.5 Å². The van der Waals surface area contributed by atoms with Crippen LogP contribution in [-0.4, -0.2) is 60.8 Å². The minimum atomic E-state index is -2.87. The number of nitrogens with zero attached hydrogens (tertiary/aromatic N) is 8. The van der Waals surface area contributed by atoms with Crippen LogP contribution in [0.4, 0.5) is 14.6 Å². The Bertz CT molecular complexity index is 1510. The van der Waals surface area contributed by atoms with E-state index in [9.17, 15) is 8.78 Å². The molecule has 5 aromatic rings. The van der Waals surface area contributed by atoms with E-state index in [-0.39, 0.29) is 17.3 Å². The van der Waals surface area contributed by atoms with Crippen LogP contribution in [0.2, 0.25) is 0 Å². The van der Waals surface area contributed by atoms with E-state index in [1.165, 1.54) is 12.4 Å². The Labute approximate surface area is 204 Å². The highest BCUT2D eigenvalue weighted by molar-refractivity contribution is 5.89. The maximum absolute atomic E-state index is 14.5. The second-order valence-electron chi connectivity index (χ2n) is 8.09. The van der Waals surface area contributed by atoms with Gasteiger partial charge in [0.05, 0.1) is 13.2 Å². The highest BCUT2D eigenvalue weighted by Crippen LogP contribution is 2.34. The molecule has 0 radical (unpaired) electrons. The molecule has 6 rings (SSSR count). The Morgan fingerprint density at radius 1 is 0.778 bits per heavy atom. The van der Waals surface area contributed by atoms with Crippen LogP contribution >= 0.6 is 0 Å². The molecule has 0 amide bonds. The van der Waals surface area contributed by atoms with Crippen molar-refractivity contribution in [3.8, 4) is 34.3 Å². The van der Waals surface area contributed by atoms with Gasteiger partial charge >= 0.3 is 6.55 Å². The molecule has 36 heavy (non-hydrogen) atoms. The lowest BCUT2D eigenvalue weighted by molar-refractivity contribution is 0.0758. The lowest BCUT2D eigenvalue weighted by Crippen LogP contribution is -2.37. The summed E-state index contributed by atoms with van der Waals surface area (Å²) >= 11 is 0. The molecule has 180 valence electrons. The van der Waals surface area contributed by atoms with Crippen LogP contribution in [0.3, 0.4) is 0 Å². The number of fused-ring (bicyclic) bond motifs is 1. The fourth-order valence-electron chi connectivity index (χ4n) is 4.17. The molecule has 1 aromatic carbocycles. The molecule has 1 fully saturated rings. The molecule has 11 heteroatoms. The molecule has 0 aliphatic carbocycles. The number of anilines is 1. The number of benzene rings is 1. The number of aromatic nitrogens is 7. The van der Waals surface area contributed by atoms with Gasteiger partial charge in [-0.1, -0.05) is 30.3 Å². The van der Waals surface area contributed by atoms with Crippen LogP contribution < -0.4 is 4.90 Å². The third kappa shape index (κ3) is 4.03. The number of ether oxygens (including phenoxy) is 1. The molecule has 1 aliphatic rings. The average molecular weight is 486 g/mol. The molecule has 0 spiro atoms. The van der Waals surface area contributed by atoms with Gasteiger partial charge in [-0.3, -0.25) is 4.98 Å². The minimum absolute atomic E-state index is 0.0307. The molecule has 1 aliphatic heterocycles. The van der Waals surface area contributed by atoms with Crippen molar-refractivity contribution in [1.82, 2.24) is 34.5 Å². The topological polar surface area (TPSA) is 94.7 Å². The van der Waals surface area contributed by atoms with Crippen LogP contribution in [0.15, 0.2) is 67.1 Å². The van der Waals surface area contributed by atoms with E-state index in [2.05, 4.69) is 24.9 Å². The molecule has 0 bridgehead atoms. The number of alkyl halides is 2. The molecule has 4 aromatic heterocycles. The Morgan fingerprint density at radius 3 is 2.31 bits per heavy atom. The Morgan fingerprint density at radius 2 is 1.56 bits per heavy atom. The van der Waals surface area contributed by atoms with Gasteiger partial charge in [-0.2, -0.15) is 8.78 Å². The van der Waals surface area contributed by atoms with Crippen LogP contribution in [0.1, 0.15) is 6.55 Å². The monoisotopic (exact) mass is 486 g/mol. The highest BCUT2D eigenvalue weighted by Gasteiger charge is 2.27. The first-order valence-corrected chi connectivity index (χ1v) is 11.4. The number of hydrogen-bond acceptors (Lipinski definition) is 8. The maximum atomic E-state index is 14.5. The van der Waals surface area contributed by atoms with Crippen molar-refractivity contribution in [3.63, 3.8) is 0 Å². The van der Waals surface area contributed by atoms with E-state index in [0.717, 1.165) is 10.1 Å². The van der Waals surface area contributed by atoms with Crippen molar-refractivity contribution < 1.29 is 13.5 Å². The Balaban J connectivity index is 1.58. The molecule has 1 saturated heterocycles. The standard InChI is InChI=1S/C25H20F2N8O/c26-25(27)35-22(17-6-9-28-10-7-17)31-19-23(34-12-14-36-15-13-34)32-21(33-24(19)35)18-8-11-29-20(30-18)16-4-2-1-3-5-16/h1-11,25H,12-15H2. The number of morpholine rings is 1. The van der Waals surface area contributed by atoms with Gasteiger partial charge in [0.15, 0.2) is 28.6 Å². The third-order valence-electron chi connectivity index (χ3n) is 5.88. The molecule has 5 heterocycles. The summed E-state index contributed by atoms with van der Waals surface area (Å²) in [6, 6.07) is 14.4. The van der Waals surface area contributed by atoms with E-state index in [1.54, 1.807) is 24.4 Å². The first-order chi connectivity index (χ1) is 17.7. The summed E-state index contributed by atoms with van der Waals surface area (Å²) in [4.78, 5) is 28.9.